The van der Waals surface area contributed by atoms with Gasteiger partial charge in [-0.3, -0.25) is 19.1 Å². The number of hydrogen-bond acceptors (Lipinski definition) is 5. The van der Waals surface area contributed by atoms with Gasteiger partial charge in [-0.05, 0) is 78.5 Å². The first kappa shape index (κ1) is 29.8. The number of anilines is 1. The highest BCUT2D eigenvalue weighted by Gasteiger charge is 2.54. The molecule has 3 N–H and O–H groups in total. The van der Waals surface area contributed by atoms with Gasteiger partial charge < -0.3 is 20.7 Å². The Labute approximate surface area is 252 Å². The van der Waals surface area contributed by atoms with Gasteiger partial charge in [0, 0.05) is 26.4 Å². The molecule has 6 rings (SSSR count). The monoisotopic (exact) mass is 593 g/mol. The number of halogens is 1. The third-order valence-corrected chi connectivity index (χ3v) is 11.0. The van der Waals surface area contributed by atoms with Crippen LogP contribution in [0, 0.1) is 28.5 Å². The largest absolute Gasteiger partial charge is 0.380 e. The number of hydrogen-bond donors (Lipinski definition) is 3. The van der Waals surface area contributed by atoms with Crippen LogP contribution >= 0.6 is 0 Å². The first-order valence-corrected chi connectivity index (χ1v) is 15.8. The Morgan fingerprint density at radius 3 is 2.40 bits per heavy atom. The molecular formula is C33H44FN5O4. The zero-order valence-electron chi connectivity index (χ0n) is 25.5. The quantitative estimate of drug-likeness (QED) is 0.356. The maximum absolute atomic E-state index is 15.7. The molecule has 1 aromatic carbocycles. The molecule has 1 saturated heterocycles. The lowest BCUT2D eigenvalue weighted by molar-refractivity contribution is -0.127. The fourth-order valence-electron chi connectivity index (χ4n) is 7.35. The zero-order chi connectivity index (χ0) is 30.4. The fraction of sp³-hybridized carbons (Fsp3) is 0.636. The van der Waals surface area contributed by atoms with Crippen LogP contribution in [0.25, 0.3) is 0 Å². The van der Waals surface area contributed by atoms with Gasteiger partial charge in [0.2, 0.25) is 11.8 Å². The SMILES string of the molecule is Cn1nccc1C(=O)N[C@H](C(=O)Nc1ccc(C2(C(=O)NCC3(C)CCC3)CCOC2)cc1F)C(C1CCC1)C1(C)CC1. The maximum atomic E-state index is 15.7. The lowest BCUT2D eigenvalue weighted by Gasteiger charge is -2.42. The molecule has 1 aliphatic heterocycles. The van der Waals surface area contributed by atoms with E-state index in [9.17, 15) is 14.4 Å². The average Bonchev–Trinajstić information content (AvgIpc) is 3.30. The summed E-state index contributed by atoms with van der Waals surface area (Å²) >= 11 is 0. The molecule has 3 saturated carbocycles. The van der Waals surface area contributed by atoms with E-state index < -0.39 is 23.2 Å². The molecule has 232 valence electrons. The molecule has 3 amide bonds. The number of carbonyl (C=O) groups excluding carboxylic acids is 3. The molecule has 0 spiro atoms. The number of aryl methyl sites for hydroxylation is 1. The van der Waals surface area contributed by atoms with E-state index in [-0.39, 0.29) is 40.9 Å². The summed E-state index contributed by atoms with van der Waals surface area (Å²) in [5, 5.41) is 13.0. The number of ether oxygens (including phenoxy) is 1. The van der Waals surface area contributed by atoms with Gasteiger partial charge in [0.25, 0.3) is 5.91 Å². The Morgan fingerprint density at radius 2 is 1.86 bits per heavy atom. The van der Waals surface area contributed by atoms with Gasteiger partial charge in [0.1, 0.15) is 17.6 Å². The second-order valence-corrected chi connectivity index (χ2v) is 14.1. The summed E-state index contributed by atoms with van der Waals surface area (Å²) in [4.78, 5) is 40.7. The molecule has 1 aromatic heterocycles. The van der Waals surface area contributed by atoms with Crippen molar-refractivity contribution in [2.24, 2.45) is 29.7 Å². The van der Waals surface area contributed by atoms with E-state index >= 15 is 4.39 Å². The number of carbonyl (C=O) groups is 3. The molecule has 9 nitrogen and oxygen atoms in total. The second-order valence-electron chi connectivity index (χ2n) is 14.1. The van der Waals surface area contributed by atoms with Crippen molar-refractivity contribution in [3.63, 3.8) is 0 Å². The second kappa shape index (κ2) is 11.3. The predicted molar refractivity (Wildman–Crippen MR) is 160 cm³/mol. The van der Waals surface area contributed by atoms with Gasteiger partial charge in [-0.25, -0.2) is 4.39 Å². The van der Waals surface area contributed by atoms with Crippen molar-refractivity contribution < 1.29 is 23.5 Å². The predicted octanol–water partition coefficient (Wildman–Crippen LogP) is 4.48. The minimum Gasteiger partial charge on any atom is -0.380 e. The average molecular weight is 594 g/mol. The highest BCUT2D eigenvalue weighted by atomic mass is 19.1. The van der Waals surface area contributed by atoms with Crippen LogP contribution in [0.2, 0.25) is 0 Å². The Kier molecular flexibility index (Phi) is 7.85. The summed E-state index contributed by atoms with van der Waals surface area (Å²) in [5.41, 5.74) is 0.0181. The molecule has 10 heteroatoms. The van der Waals surface area contributed by atoms with Gasteiger partial charge in [0.05, 0.1) is 17.7 Å². The molecule has 43 heavy (non-hydrogen) atoms. The molecule has 4 fully saturated rings. The topological polar surface area (TPSA) is 114 Å². The lowest BCUT2D eigenvalue weighted by atomic mass is 9.66. The first-order chi connectivity index (χ1) is 20.5. The van der Waals surface area contributed by atoms with Crippen molar-refractivity contribution in [2.75, 3.05) is 25.1 Å². The number of rotatable bonds is 11. The summed E-state index contributed by atoms with van der Waals surface area (Å²) in [7, 11) is 1.68. The molecule has 2 heterocycles. The van der Waals surface area contributed by atoms with Crippen LogP contribution in [0.15, 0.2) is 30.5 Å². The summed E-state index contributed by atoms with van der Waals surface area (Å²) in [6.45, 7) is 5.56. The van der Waals surface area contributed by atoms with Crippen LogP contribution in [0.4, 0.5) is 10.1 Å². The van der Waals surface area contributed by atoms with Crippen molar-refractivity contribution in [3.8, 4) is 0 Å². The summed E-state index contributed by atoms with van der Waals surface area (Å²) in [5.74, 6) is -1.31. The van der Waals surface area contributed by atoms with Crippen LogP contribution < -0.4 is 16.0 Å². The minimum atomic E-state index is -0.973. The zero-order valence-corrected chi connectivity index (χ0v) is 25.5. The van der Waals surface area contributed by atoms with E-state index in [1.165, 1.54) is 23.2 Å². The van der Waals surface area contributed by atoms with E-state index in [0.29, 0.717) is 36.7 Å². The summed E-state index contributed by atoms with van der Waals surface area (Å²) in [6, 6.07) is 5.38. The van der Waals surface area contributed by atoms with E-state index in [2.05, 4.69) is 34.9 Å². The van der Waals surface area contributed by atoms with E-state index in [4.69, 9.17) is 4.74 Å². The molecule has 0 radical (unpaired) electrons. The van der Waals surface area contributed by atoms with Gasteiger partial charge >= 0.3 is 0 Å². The Morgan fingerprint density at radius 1 is 1.09 bits per heavy atom. The normalized spacial score (nSPS) is 25.1. The van der Waals surface area contributed by atoms with Gasteiger partial charge in [-0.2, -0.15) is 5.10 Å². The third-order valence-electron chi connectivity index (χ3n) is 11.0. The summed E-state index contributed by atoms with van der Waals surface area (Å²) in [6.07, 6.45) is 10.5. The van der Waals surface area contributed by atoms with Gasteiger partial charge in [-0.15, -0.1) is 0 Å². The Balaban J connectivity index is 1.22. The van der Waals surface area contributed by atoms with Crippen LogP contribution in [0.5, 0.6) is 0 Å². The molecule has 3 atom stereocenters. The van der Waals surface area contributed by atoms with Crippen molar-refractivity contribution in [3.05, 3.63) is 47.5 Å². The van der Waals surface area contributed by atoms with Crippen molar-refractivity contribution in [1.29, 1.82) is 0 Å². The number of nitrogens with zero attached hydrogens (tertiary/aromatic N) is 2. The van der Waals surface area contributed by atoms with E-state index in [1.54, 1.807) is 25.4 Å². The molecule has 3 aliphatic carbocycles. The molecular weight excluding hydrogens is 549 g/mol. The third kappa shape index (κ3) is 5.70. The molecule has 4 aliphatic rings. The van der Waals surface area contributed by atoms with E-state index in [0.717, 1.165) is 44.9 Å². The number of amides is 3. The Hall–Kier alpha value is -3.27. The van der Waals surface area contributed by atoms with Gasteiger partial charge in [-0.1, -0.05) is 45.6 Å². The molecule has 2 aromatic rings. The van der Waals surface area contributed by atoms with Crippen LogP contribution in [0.1, 0.15) is 87.7 Å². The van der Waals surface area contributed by atoms with Crippen molar-refractivity contribution in [2.45, 2.75) is 83.1 Å². The molecule has 2 unspecified atom stereocenters. The molecule has 0 bridgehead atoms. The standard InChI is InChI=1S/C33H44FN5O4/c1-31(11-5-12-31)19-35-30(42)33(15-17-43-20-33)22-8-9-24(23(34)18-22)37-29(41)27(38-28(40)25-10-16-36-39(25)3)26(21-6-4-7-21)32(2)13-14-32/h8-10,16,18,21,26-27H,4-7,11-15,17,19-20H2,1-3H3,(H,35,42)(H,37,41)(H,38,40)/t26?,27-,33?/m0/s1. The number of benzene rings is 1. The number of nitrogens with one attached hydrogen (secondary N) is 3. The fourth-order valence-corrected chi connectivity index (χ4v) is 7.35. The highest BCUT2D eigenvalue weighted by Crippen LogP contribution is 2.58. The maximum Gasteiger partial charge on any atom is 0.270 e. The van der Waals surface area contributed by atoms with Crippen LogP contribution in [-0.2, 0) is 26.8 Å². The van der Waals surface area contributed by atoms with Crippen molar-refractivity contribution in [1.82, 2.24) is 20.4 Å². The minimum absolute atomic E-state index is 0.0262. The first-order valence-electron chi connectivity index (χ1n) is 15.8. The Bertz CT molecular complexity index is 1390. The lowest BCUT2D eigenvalue weighted by Crippen LogP contribution is -2.54. The highest BCUT2D eigenvalue weighted by molar-refractivity contribution is 6.01. The van der Waals surface area contributed by atoms with Crippen LogP contribution in [0.3, 0.4) is 0 Å². The van der Waals surface area contributed by atoms with E-state index in [1.807, 2.05) is 0 Å². The summed E-state index contributed by atoms with van der Waals surface area (Å²) < 4.78 is 22.9. The van der Waals surface area contributed by atoms with Crippen molar-refractivity contribution >= 4 is 23.4 Å². The van der Waals surface area contributed by atoms with Gasteiger partial charge in [0.15, 0.2) is 0 Å². The number of aromatic nitrogens is 2. The van der Waals surface area contributed by atoms with Crippen LogP contribution in [-0.4, -0.2) is 53.3 Å². The smallest absolute Gasteiger partial charge is 0.270 e.